The highest BCUT2D eigenvalue weighted by Gasteiger charge is 2.16. The van der Waals surface area contributed by atoms with Gasteiger partial charge in [-0.1, -0.05) is 11.6 Å². The first-order valence-electron chi connectivity index (χ1n) is 6.59. The van der Waals surface area contributed by atoms with Gasteiger partial charge in [0.15, 0.2) is 5.15 Å². The number of rotatable bonds is 6. The second-order valence-electron chi connectivity index (χ2n) is 4.55. The molecule has 0 aliphatic carbocycles. The van der Waals surface area contributed by atoms with E-state index in [1.807, 2.05) is 25.3 Å². The Kier molecular flexibility index (Phi) is 4.98. The van der Waals surface area contributed by atoms with Crippen LogP contribution in [0.2, 0.25) is 5.15 Å². The van der Waals surface area contributed by atoms with Gasteiger partial charge in [0.1, 0.15) is 0 Å². The normalized spacial score (nSPS) is 12.4. The fourth-order valence-electron chi connectivity index (χ4n) is 1.96. The van der Waals surface area contributed by atoms with E-state index in [1.54, 1.807) is 24.2 Å². The van der Waals surface area contributed by atoms with Crippen LogP contribution in [0.4, 0.5) is 5.69 Å². The molecule has 0 saturated heterocycles. The minimum Gasteiger partial charge on any atom is -0.380 e. The fourth-order valence-corrected chi connectivity index (χ4v) is 2.21. The largest absolute Gasteiger partial charge is 0.380 e. The van der Waals surface area contributed by atoms with Gasteiger partial charge in [0.2, 0.25) is 0 Å². The first-order chi connectivity index (χ1) is 9.65. The van der Waals surface area contributed by atoms with Crippen LogP contribution < -0.4 is 4.90 Å². The summed E-state index contributed by atoms with van der Waals surface area (Å²) in [4.78, 5) is 6.24. The Labute approximate surface area is 124 Å². The maximum atomic E-state index is 6.26. The predicted octanol–water partition coefficient (Wildman–Crippen LogP) is 2.78. The molecule has 0 N–H and O–H groups in total. The van der Waals surface area contributed by atoms with Crippen LogP contribution in [0.5, 0.6) is 0 Å². The summed E-state index contributed by atoms with van der Waals surface area (Å²) in [6.07, 6.45) is 5.54. The van der Waals surface area contributed by atoms with Gasteiger partial charge < -0.3 is 9.64 Å². The lowest BCUT2D eigenvalue weighted by atomic mass is 10.3. The Balaban J connectivity index is 2.26. The van der Waals surface area contributed by atoms with E-state index in [0.717, 1.165) is 24.5 Å². The summed E-state index contributed by atoms with van der Waals surface area (Å²) in [5, 5.41) is 4.83. The smallest absolute Gasteiger partial charge is 0.174 e. The number of hydrogen-bond acceptors (Lipinski definition) is 4. The Morgan fingerprint density at radius 1 is 1.50 bits per heavy atom. The lowest BCUT2D eigenvalue weighted by Gasteiger charge is -2.24. The Hall–Kier alpha value is -1.59. The fraction of sp³-hybridized carbons (Fsp3) is 0.429. The van der Waals surface area contributed by atoms with Crippen LogP contribution in [0, 0.1) is 0 Å². The number of pyridine rings is 1. The molecule has 0 spiro atoms. The minimum absolute atomic E-state index is 0.132. The molecule has 1 unspecified atom stereocenters. The topological polar surface area (TPSA) is 43.2 Å². The van der Waals surface area contributed by atoms with Gasteiger partial charge in [0, 0.05) is 26.4 Å². The van der Waals surface area contributed by atoms with E-state index in [4.69, 9.17) is 16.3 Å². The van der Waals surface area contributed by atoms with Gasteiger partial charge in [-0.25, -0.2) is 4.68 Å². The molecule has 0 saturated carbocycles. The van der Waals surface area contributed by atoms with Gasteiger partial charge >= 0.3 is 0 Å². The van der Waals surface area contributed by atoms with Crippen LogP contribution in [-0.2, 0) is 4.74 Å². The van der Waals surface area contributed by atoms with Crippen LogP contribution in [0.25, 0.3) is 5.69 Å². The van der Waals surface area contributed by atoms with E-state index in [2.05, 4.69) is 21.9 Å². The zero-order chi connectivity index (χ0) is 14.5. The third-order valence-corrected chi connectivity index (χ3v) is 3.43. The number of anilines is 1. The molecule has 2 rings (SSSR count). The molecule has 0 fully saturated rings. The summed E-state index contributed by atoms with van der Waals surface area (Å²) in [7, 11) is 1.71. The SMILES string of the molecule is CCN(CC(C)OC)c1cn(-c2cccnc2)nc1Cl. The first-order valence-corrected chi connectivity index (χ1v) is 6.96. The molecule has 2 aromatic rings. The molecule has 2 heterocycles. The molecule has 2 aromatic heterocycles. The van der Waals surface area contributed by atoms with Crippen LogP contribution in [0.3, 0.4) is 0 Å². The molecule has 0 amide bonds. The zero-order valence-corrected chi connectivity index (χ0v) is 12.7. The molecule has 6 heteroatoms. The molecule has 0 bridgehead atoms. The number of aromatic nitrogens is 3. The molecule has 0 radical (unpaired) electrons. The van der Waals surface area contributed by atoms with Crippen molar-refractivity contribution in [3.05, 3.63) is 35.9 Å². The average molecular weight is 295 g/mol. The van der Waals surface area contributed by atoms with E-state index in [0.29, 0.717) is 5.15 Å². The van der Waals surface area contributed by atoms with Crippen LogP contribution >= 0.6 is 11.6 Å². The molecule has 108 valence electrons. The van der Waals surface area contributed by atoms with Gasteiger partial charge in [-0.2, -0.15) is 5.10 Å². The van der Waals surface area contributed by atoms with Crippen molar-refractivity contribution in [2.45, 2.75) is 20.0 Å². The highest BCUT2D eigenvalue weighted by Crippen LogP contribution is 2.26. The molecule has 0 aliphatic rings. The summed E-state index contributed by atoms with van der Waals surface area (Å²) < 4.78 is 7.05. The van der Waals surface area contributed by atoms with Gasteiger partial charge in [-0.05, 0) is 26.0 Å². The van der Waals surface area contributed by atoms with Crippen LogP contribution in [-0.4, -0.2) is 41.1 Å². The van der Waals surface area contributed by atoms with Gasteiger partial charge in [0.25, 0.3) is 0 Å². The highest BCUT2D eigenvalue weighted by molar-refractivity contribution is 6.32. The second-order valence-corrected chi connectivity index (χ2v) is 4.90. The number of hydrogen-bond donors (Lipinski definition) is 0. The number of likely N-dealkylation sites (N-methyl/N-ethyl adjacent to an activating group) is 1. The van der Waals surface area contributed by atoms with Crippen molar-refractivity contribution in [3.63, 3.8) is 0 Å². The lowest BCUT2D eigenvalue weighted by Crippen LogP contribution is -2.31. The first kappa shape index (κ1) is 14.8. The van der Waals surface area contributed by atoms with Gasteiger partial charge in [0.05, 0.1) is 29.9 Å². The van der Waals surface area contributed by atoms with Crippen molar-refractivity contribution in [3.8, 4) is 5.69 Å². The van der Waals surface area contributed by atoms with Crippen LogP contribution in [0.15, 0.2) is 30.7 Å². The van der Waals surface area contributed by atoms with Gasteiger partial charge in [-0.15, -0.1) is 0 Å². The minimum atomic E-state index is 0.132. The number of halogens is 1. The monoisotopic (exact) mass is 294 g/mol. The quantitative estimate of drug-likeness (QED) is 0.822. The molecule has 0 aliphatic heterocycles. The molecule has 5 nitrogen and oxygen atoms in total. The molecule has 20 heavy (non-hydrogen) atoms. The molecule has 1 atom stereocenters. The maximum absolute atomic E-state index is 6.26. The van der Waals surface area contributed by atoms with Crippen molar-refractivity contribution < 1.29 is 4.74 Å². The summed E-state index contributed by atoms with van der Waals surface area (Å²) in [6.45, 7) is 5.72. The van der Waals surface area contributed by atoms with Crippen molar-refractivity contribution >= 4 is 17.3 Å². The third kappa shape index (κ3) is 3.29. The highest BCUT2D eigenvalue weighted by atomic mass is 35.5. The van der Waals surface area contributed by atoms with Crippen molar-refractivity contribution in [2.24, 2.45) is 0 Å². The van der Waals surface area contributed by atoms with E-state index in [9.17, 15) is 0 Å². The summed E-state index contributed by atoms with van der Waals surface area (Å²) in [5.41, 5.74) is 1.79. The lowest BCUT2D eigenvalue weighted by molar-refractivity contribution is 0.123. The summed E-state index contributed by atoms with van der Waals surface area (Å²) >= 11 is 6.26. The summed E-state index contributed by atoms with van der Waals surface area (Å²) in [6, 6.07) is 3.81. The van der Waals surface area contributed by atoms with Gasteiger partial charge in [-0.3, -0.25) is 4.98 Å². The van der Waals surface area contributed by atoms with E-state index < -0.39 is 0 Å². The summed E-state index contributed by atoms with van der Waals surface area (Å²) in [5.74, 6) is 0. The second kappa shape index (κ2) is 6.72. The van der Waals surface area contributed by atoms with E-state index in [-0.39, 0.29) is 6.10 Å². The number of ether oxygens (including phenoxy) is 1. The predicted molar refractivity (Wildman–Crippen MR) is 80.7 cm³/mol. The molecular formula is C14H19ClN4O. The Morgan fingerprint density at radius 2 is 2.30 bits per heavy atom. The van der Waals surface area contributed by atoms with E-state index in [1.165, 1.54) is 0 Å². The Morgan fingerprint density at radius 3 is 2.90 bits per heavy atom. The third-order valence-electron chi connectivity index (χ3n) is 3.16. The maximum Gasteiger partial charge on any atom is 0.174 e. The zero-order valence-electron chi connectivity index (χ0n) is 12.0. The Bertz CT molecular complexity index is 543. The van der Waals surface area contributed by atoms with Crippen molar-refractivity contribution in [2.75, 3.05) is 25.1 Å². The standard InChI is InChI=1S/C14H19ClN4O/c1-4-18(9-11(2)20-3)13-10-19(17-14(13)15)12-6-5-7-16-8-12/h5-8,10-11H,4,9H2,1-3H3. The average Bonchev–Trinajstić information content (AvgIpc) is 2.87. The number of nitrogens with zero attached hydrogens (tertiary/aromatic N) is 4. The number of methoxy groups -OCH3 is 1. The van der Waals surface area contributed by atoms with E-state index >= 15 is 0 Å². The van der Waals surface area contributed by atoms with Crippen LogP contribution in [0.1, 0.15) is 13.8 Å². The molecule has 0 aromatic carbocycles. The van der Waals surface area contributed by atoms with Crippen molar-refractivity contribution in [1.82, 2.24) is 14.8 Å². The molecular weight excluding hydrogens is 276 g/mol. The van der Waals surface area contributed by atoms with Crippen molar-refractivity contribution in [1.29, 1.82) is 0 Å².